The van der Waals surface area contributed by atoms with E-state index in [1.54, 1.807) is 7.05 Å². The van der Waals surface area contributed by atoms with E-state index in [-0.39, 0.29) is 28.8 Å². The molecular formula is C25H27N5O5S. The van der Waals surface area contributed by atoms with Crippen molar-refractivity contribution in [3.8, 4) is 0 Å². The number of anilines is 2. The van der Waals surface area contributed by atoms with Crippen molar-refractivity contribution in [1.82, 2.24) is 10.0 Å². The molecule has 4 amide bonds. The lowest BCUT2D eigenvalue weighted by atomic mass is 9.83. The highest BCUT2D eigenvalue weighted by Gasteiger charge is 2.33. The number of rotatable bonds is 3. The van der Waals surface area contributed by atoms with Gasteiger partial charge in [0.1, 0.15) is 0 Å². The van der Waals surface area contributed by atoms with Gasteiger partial charge in [0.2, 0.25) is 16.2 Å². The Morgan fingerprint density at radius 3 is 2.58 bits per heavy atom. The molecule has 1 aliphatic carbocycles. The molecule has 0 radical (unpaired) electrons. The number of sulfonamides is 1. The van der Waals surface area contributed by atoms with Crippen molar-refractivity contribution in [1.29, 1.82) is 0 Å². The fourth-order valence-electron chi connectivity index (χ4n) is 5.06. The lowest BCUT2D eigenvalue weighted by Gasteiger charge is -2.25. The third-order valence-corrected chi connectivity index (χ3v) is 8.03. The Labute approximate surface area is 209 Å². The van der Waals surface area contributed by atoms with Crippen molar-refractivity contribution < 1.29 is 22.8 Å². The van der Waals surface area contributed by atoms with Crippen LogP contribution < -0.4 is 20.3 Å². The molecule has 0 aromatic heterocycles. The van der Waals surface area contributed by atoms with Gasteiger partial charge in [-0.05, 0) is 36.6 Å². The Kier molecular flexibility index (Phi) is 6.25. The molecule has 3 aliphatic rings. The first-order valence-corrected chi connectivity index (χ1v) is 13.6. The van der Waals surface area contributed by atoms with E-state index in [2.05, 4.69) is 10.6 Å². The summed E-state index contributed by atoms with van der Waals surface area (Å²) in [5, 5.41) is 5.30. The molecule has 0 unspecified atom stereocenters. The number of benzene rings is 2. The third kappa shape index (κ3) is 4.70. The van der Waals surface area contributed by atoms with Crippen LogP contribution in [0.4, 0.5) is 16.2 Å². The van der Waals surface area contributed by atoms with E-state index in [1.807, 2.05) is 29.0 Å². The van der Waals surface area contributed by atoms with Crippen molar-refractivity contribution in [3.63, 3.8) is 0 Å². The Bertz CT molecular complexity index is 1380. The highest BCUT2D eigenvalue weighted by molar-refractivity contribution is 7.89. The van der Waals surface area contributed by atoms with Gasteiger partial charge in [0, 0.05) is 29.8 Å². The summed E-state index contributed by atoms with van der Waals surface area (Å²) in [5.41, 5.74) is 3.30. The van der Waals surface area contributed by atoms with E-state index in [9.17, 15) is 22.8 Å². The van der Waals surface area contributed by atoms with Crippen LogP contribution in [-0.4, -0.2) is 45.2 Å². The summed E-state index contributed by atoms with van der Waals surface area (Å²) in [6.07, 6.45) is 4.22. The number of aliphatic imine (C=N–C) groups is 1. The second-order valence-electron chi connectivity index (χ2n) is 9.33. The zero-order valence-electron chi connectivity index (χ0n) is 19.8. The van der Waals surface area contributed by atoms with E-state index in [4.69, 9.17) is 4.99 Å². The average Bonchev–Trinajstić information content (AvgIpc) is 2.95. The number of fused-ring (bicyclic) bond motifs is 2. The predicted molar refractivity (Wildman–Crippen MR) is 135 cm³/mol. The number of carbonyl (C=O) groups excluding carboxylic acids is 3. The minimum Gasteiger partial charge on any atom is -0.311 e. The number of amides is 4. The number of para-hydroxylation sites is 1. The molecule has 2 aliphatic heterocycles. The molecule has 5 rings (SSSR count). The topological polar surface area (TPSA) is 137 Å². The molecule has 11 heteroatoms. The van der Waals surface area contributed by atoms with Gasteiger partial charge in [-0.1, -0.05) is 43.5 Å². The summed E-state index contributed by atoms with van der Waals surface area (Å²) in [6, 6.07) is 11.4. The van der Waals surface area contributed by atoms with Gasteiger partial charge in [-0.15, -0.1) is 0 Å². The second-order valence-corrected chi connectivity index (χ2v) is 11.0. The minimum absolute atomic E-state index is 0.168. The number of hydrogen-bond donors (Lipinski definition) is 3. The van der Waals surface area contributed by atoms with Crippen LogP contribution in [0, 0.1) is 5.92 Å². The van der Waals surface area contributed by atoms with Crippen LogP contribution in [0.2, 0.25) is 0 Å². The molecule has 2 aromatic rings. The maximum absolute atomic E-state index is 13.3. The number of nitrogens with zero attached hydrogens (tertiary/aromatic N) is 2. The fraction of sp³-hybridized carbons (Fsp3) is 0.360. The van der Waals surface area contributed by atoms with Gasteiger partial charge in [-0.2, -0.15) is 0 Å². The van der Waals surface area contributed by atoms with Crippen molar-refractivity contribution >= 4 is 45.0 Å². The molecule has 0 bridgehead atoms. The van der Waals surface area contributed by atoms with Crippen LogP contribution in [0.25, 0.3) is 0 Å². The highest BCUT2D eigenvalue weighted by Crippen LogP contribution is 2.33. The van der Waals surface area contributed by atoms with Crippen LogP contribution >= 0.6 is 0 Å². The fourth-order valence-corrected chi connectivity index (χ4v) is 6.19. The smallest absolute Gasteiger partial charge is 0.311 e. The van der Waals surface area contributed by atoms with Gasteiger partial charge < -0.3 is 15.5 Å². The third-order valence-electron chi connectivity index (χ3n) is 6.84. The van der Waals surface area contributed by atoms with Gasteiger partial charge in [0.05, 0.1) is 17.2 Å². The Balaban J connectivity index is 1.39. The van der Waals surface area contributed by atoms with Crippen LogP contribution in [0.5, 0.6) is 0 Å². The van der Waals surface area contributed by atoms with Crippen LogP contribution in [0.1, 0.15) is 53.6 Å². The van der Waals surface area contributed by atoms with E-state index >= 15 is 0 Å². The number of nitrogens with one attached hydrogen (secondary N) is 3. The maximum Gasteiger partial charge on any atom is 0.321 e. The van der Waals surface area contributed by atoms with Gasteiger partial charge in [-0.3, -0.25) is 14.6 Å². The van der Waals surface area contributed by atoms with Crippen molar-refractivity contribution in [3.05, 3.63) is 59.2 Å². The molecule has 1 saturated carbocycles. The number of urea groups is 1. The lowest BCUT2D eigenvalue weighted by Crippen LogP contribution is -2.47. The summed E-state index contributed by atoms with van der Waals surface area (Å²) in [6.45, 7) is 0. The molecule has 188 valence electrons. The molecule has 2 aromatic carbocycles. The summed E-state index contributed by atoms with van der Waals surface area (Å²) < 4.78 is 25.5. The van der Waals surface area contributed by atoms with E-state index in [0.29, 0.717) is 5.56 Å². The zero-order chi connectivity index (χ0) is 25.4. The van der Waals surface area contributed by atoms with E-state index in [0.717, 1.165) is 42.6 Å². The number of benzodiazepines with no additional fused rings is 1. The molecule has 10 nitrogen and oxygen atoms in total. The van der Waals surface area contributed by atoms with Gasteiger partial charge >= 0.3 is 6.03 Å². The largest absolute Gasteiger partial charge is 0.321 e. The summed E-state index contributed by atoms with van der Waals surface area (Å²) in [5.74, 6) is -1.22. The zero-order valence-corrected chi connectivity index (χ0v) is 20.6. The lowest BCUT2D eigenvalue weighted by molar-refractivity contribution is -0.119. The highest BCUT2D eigenvalue weighted by atomic mass is 32.2. The molecule has 3 N–H and O–H groups in total. The molecular weight excluding hydrogens is 482 g/mol. The molecule has 2 heterocycles. The van der Waals surface area contributed by atoms with Crippen molar-refractivity contribution in [2.45, 2.75) is 44.0 Å². The van der Waals surface area contributed by atoms with Crippen LogP contribution in [0.15, 0.2) is 47.5 Å². The summed E-state index contributed by atoms with van der Waals surface area (Å²) in [7, 11) is -2.04. The molecule has 1 fully saturated rings. The molecule has 1 atom stereocenters. The molecule has 0 saturated heterocycles. The number of carbonyl (C=O) groups is 3. The average molecular weight is 510 g/mol. The predicted octanol–water partition coefficient (Wildman–Crippen LogP) is 2.75. The summed E-state index contributed by atoms with van der Waals surface area (Å²) >= 11 is 0. The standard InChI is InChI=1S/C25H27N5O5S/c1-30-20-10-6-5-9-18(20)21(15-7-3-2-4-8-15)27-22(24(30)32)28-25(33)26-17-12-11-16-14-36(34,35)29-23(31)19(16)13-17/h5-6,9-13,15,22H,2-4,7-8,14H2,1H3,(H,29,31)(H2,26,28,33)/t22-/m0/s1. The van der Waals surface area contributed by atoms with Gasteiger partial charge in [-0.25, -0.2) is 17.9 Å². The number of hydrogen-bond acceptors (Lipinski definition) is 6. The minimum atomic E-state index is -3.71. The van der Waals surface area contributed by atoms with Crippen molar-refractivity contribution in [2.24, 2.45) is 10.9 Å². The first-order chi connectivity index (χ1) is 17.2. The second kappa shape index (κ2) is 9.38. The first kappa shape index (κ1) is 24.0. The van der Waals surface area contributed by atoms with E-state index < -0.39 is 28.1 Å². The van der Waals surface area contributed by atoms with Crippen LogP contribution in [0.3, 0.4) is 0 Å². The maximum atomic E-state index is 13.3. The monoisotopic (exact) mass is 509 g/mol. The van der Waals surface area contributed by atoms with Crippen molar-refractivity contribution in [2.75, 3.05) is 17.3 Å². The Morgan fingerprint density at radius 2 is 1.81 bits per heavy atom. The van der Waals surface area contributed by atoms with E-state index in [1.165, 1.54) is 29.5 Å². The SMILES string of the molecule is CN1C(=O)[C@H](NC(=O)Nc2ccc3c(c2)C(=O)NS(=O)(=O)C3)N=C(C2CCCCC2)c2ccccc21. The molecule has 0 spiro atoms. The van der Waals surface area contributed by atoms with Gasteiger partial charge in [0.15, 0.2) is 0 Å². The summed E-state index contributed by atoms with van der Waals surface area (Å²) in [4.78, 5) is 44.7. The van der Waals surface area contributed by atoms with Crippen LogP contribution in [-0.2, 0) is 20.6 Å². The first-order valence-electron chi connectivity index (χ1n) is 11.9. The Hall–Kier alpha value is -3.73. The molecule has 36 heavy (non-hydrogen) atoms. The Morgan fingerprint density at radius 1 is 1.06 bits per heavy atom. The quantitative estimate of drug-likeness (QED) is 0.584. The van der Waals surface area contributed by atoms with Gasteiger partial charge in [0.25, 0.3) is 11.8 Å². The number of likely N-dealkylation sites (N-methyl/N-ethyl adjacent to an activating group) is 1. The normalized spacial score (nSPS) is 21.4.